The minimum atomic E-state index is -2.99. The number of hydrogen-bond donors (Lipinski definition) is 2. The van der Waals surface area contributed by atoms with E-state index in [1.807, 2.05) is 6.92 Å². The van der Waals surface area contributed by atoms with E-state index in [-0.39, 0.29) is 17.2 Å². The first-order valence-electron chi connectivity index (χ1n) is 5.44. The Morgan fingerprint density at radius 1 is 1.50 bits per heavy atom. The number of nitrogens with one attached hydrogen (secondary N) is 1. The first-order valence-corrected chi connectivity index (χ1v) is 8.05. The van der Waals surface area contributed by atoms with Gasteiger partial charge >= 0.3 is 0 Å². The maximum atomic E-state index is 13.2. The third-order valence-corrected chi connectivity index (χ3v) is 5.54. The van der Waals surface area contributed by atoms with E-state index in [1.165, 1.54) is 12.1 Å². The molecule has 0 aliphatic carbocycles. The zero-order valence-electron chi connectivity index (χ0n) is 9.83. The zero-order valence-corrected chi connectivity index (χ0v) is 12.2. The Morgan fingerprint density at radius 2 is 2.17 bits per heavy atom. The lowest BCUT2D eigenvalue weighted by atomic mass is 10.0. The van der Waals surface area contributed by atoms with E-state index in [0.717, 1.165) is 0 Å². The van der Waals surface area contributed by atoms with Crippen molar-refractivity contribution in [3.05, 3.63) is 22.4 Å². The molecule has 0 radical (unpaired) electrons. The molecule has 1 aromatic carbocycles. The number of anilines is 2. The Bertz CT molecular complexity index is 591. The average molecular weight is 337 g/mol. The van der Waals surface area contributed by atoms with Crippen LogP contribution in [0, 0.1) is 5.82 Å². The molecule has 1 saturated heterocycles. The van der Waals surface area contributed by atoms with E-state index in [4.69, 9.17) is 5.73 Å². The second-order valence-corrected chi connectivity index (χ2v) is 7.92. The Balaban J connectivity index is 2.28. The van der Waals surface area contributed by atoms with Crippen molar-refractivity contribution in [1.29, 1.82) is 0 Å². The van der Waals surface area contributed by atoms with Crippen LogP contribution in [0.1, 0.15) is 13.3 Å². The summed E-state index contributed by atoms with van der Waals surface area (Å²) >= 11 is 3.08. The second kappa shape index (κ2) is 4.38. The van der Waals surface area contributed by atoms with Gasteiger partial charge in [-0.25, -0.2) is 12.8 Å². The highest BCUT2D eigenvalue weighted by Crippen LogP contribution is 2.32. The summed E-state index contributed by atoms with van der Waals surface area (Å²) in [4.78, 5) is 0. The molecular weight excluding hydrogens is 323 g/mol. The summed E-state index contributed by atoms with van der Waals surface area (Å²) in [6.45, 7) is 1.83. The van der Waals surface area contributed by atoms with Gasteiger partial charge in [0.1, 0.15) is 5.82 Å². The van der Waals surface area contributed by atoms with Crippen LogP contribution in [-0.2, 0) is 9.84 Å². The molecule has 1 unspecified atom stereocenters. The van der Waals surface area contributed by atoms with Gasteiger partial charge < -0.3 is 11.1 Å². The molecule has 1 aromatic rings. The first kappa shape index (κ1) is 13.6. The van der Waals surface area contributed by atoms with Gasteiger partial charge in [-0.15, -0.1) is 0 Å². The summed E-state index contributed by atoms with van der Waals surface area (Å²) in [7, 11) is -2.99. The summed E-state index contributed by atoms with van der Waals surface area (Å²) in [6.07, 6.45) is 0.518. The second-order valence-electron chi connectivity index (χ2n) is 4.88. The van der Waals surface area contributed by atoms with Crippen LogP contribution in [0.4, 0.5) is 15.8 Å². The van der Waals surface area contributed by atoms with Crippen molar-refractivity contribution < 1.29 is 12.8 Å². The summed E-state index contributed by atoms with van der Waals surface area (Å²) in [6, 6.07) is 2.74. The molecular formula is C11H14BrFN2O2S. The summed E-state index contributed by atoms with van der Waals surface area (Å²) < 4.78 is 36.5. The minimum absolute atomic E-state index is 0.0639. The summed E-state index contributed by atoms with van der Waals surface area (Å²) in [5.74, 6) is -0.213. The van der Waals surface area contributed by atoms with Crippen LogP contribution < -0.4 is 11.1 Å². The van der Waals surface area contributed by atoms with Gasteiger partial charge in [-0.2, -0.15) is 0 Å². The van der Waals surface area contributed by atoms with E-state index >= 15 is 0 Å². The molecule has 0 amide bonds. The van der Waals surface area contributed by atoms with Crippen molar-refractivity contribution in [3.8, 4) is 0 Å². The van der Waals surface area contributed by atoms with E-state index in [2.05, 4.69) is 21.2 Å². The number of nitrogens with two attached hydrogens (primary N) is 1. The van der Waals surface area contributed by atoms with Crippen LogP contribution >= 0.6 is 15.9 Å². The lowest BCUT2D eigenvalue weighted by Gasteiger charge is -2.26. The Labute approximate surface area is 114 Å². The average Bonchev–Trinajstić information content (AvgIpc) is 2.50. The number of nitrogen functional groups attached to an aromatic ring is 1. The van der Waals surface area contributed by atoms with Crippen LogP contribution in [-0.4, -0.2) is 25.5 Å². The summed E-state index contributed by atoms with van der Waals surface area (Å²) in [5.41, 5.74) is 5.98. The first-order chi connectivity index (χ1) is 8.21. The summed E-state index contributed by atoms with van der Waals surface area (Å²) in [5, 5.41) is 3.11. The van der Waals surface area contributed by atoms with Crippen LogP contribution in [0.5, 0.6) is 0 Å². The van der Waals surface area contributed by atoms with Gasteiger partial charge in [-0.1, -0.05) is 0 Å². The fraction of sp³-hybridized carbons (Fsp3) is 0.455. The fourth-order valence-electron chi connectivity index (χ4n) is 2.10. The third kappa shape index (κ3) is 2.77. The number of hydrogen-bond acceptors (Lipinski definition) is 4. The monoisotopic (exact) mass is 336 g/mol. The van der Waals surface area contributed by atoms with Crippen LogP contribution in [0.25, 0.3) is 0 Å². The zero-order chi connectivity index (χ0) is 13.6. The molecule has 100 valence electrons. The van der Waals surface area contributed by atoms with Gasteiger partial charge in [0.05, 0.1) is 27.4 Å². The Hall–Kier alpha value is -0.820. The Morgan fingerprint density at radius 3 is 2.72 bits per heavy atom. The van der Waals surface area contributed by atoms with E-state index in [0.29, 0.717) is 16.6 Å². The topological polar surface area (TPSA) is 72.2 Å². The van der Waals surface area contributed by atoms with Crippen molar-refractivity contribution in [1.82, 2.24) is 0 Å². The quantitative estimate of drug-likeness (QED) is 0.812. The van der Waals surface area contributed by atoms with Crippen LogP contribution in [0.15, 0.2) is 16.6 Å². The minimum Gasteiger partial charge on any atom is -0.397 e. The van der Waals surface area contributed by atoms with Crippen molar-refractivity contribution in [3.63, 3.8) is 0 Å². The molecule has 1 atom stereocenters. The fourth-order valence-corrected chi connectivity index (χ4v) is 4.54. The van der Waals surface area contributed by atoms with Gasteiger partial charge in [-0.3, -0.25) is 0 Å². The molecule has 7 heteroatoms. The molecule has 1 aliphatic rings. The predicted molar refractivity (Wildman–Crippen MR) is 73.8 cm³/mol. The largest absolute Gasteiger partial charge is 0.397 e. The van der Waals surface area contributed by atoms with Gasteiger partial charge in [0.15, 0.2) is 9.84 Å². The maximum Gasteiger partial charge on any atom is 0.152 e. The predicted octanol–water partition coefficient (Wildman–Crippen LogP) is 2.16. The van der Waals surface area contributed by atoms with E-state index in [1.54, 1.807) is 0 Å². The van der Waals surface area contributed by atoms with E-state index < -0.39 is 21.2 Å². The molecule has 1 heterocycles. The number of rotatable bonds is 2. The highest BCUT2D eigenvalue weighted by Gasteiger charge is 2.38. The van der Waals surface area contributed by atoms with Crippen molar-refractivity contribution in [2.75, 3.05) is 22.6 Å². The van der Waals surface area contributed by atoms with Crippen molar-refractivity contribution in [2.45, 2.75) is 18.9 Å². The molecule has 1 fully saturated rings. The molecule has 2 rings (SSSR count). The highest BCUT2D eigenvalue weighted by atomic mass is 79.9. The SMILES string of the molecule is CC1(Nc2cc(Br)c(F)cc2N)CCS(=O)(=O)C1. The normalized spacial score (nSPS) is 26.2. The molecule has 0 bridgehead atoms. The smallest absolute Gasteiger partial charge is 0.152 e. The molecule has 0 aromatic heterocycles. The van der Waals surface area contributed by atoms with Crippen molar-refractivity contribution >= 4 is 37.1 Å². The molecule has 1 aliphatic heterocycles. The number of benzene rings is 1. The standard InChI is InChI=1S/C11H14BrFN2O2S/c1-11(2-3-18(16,17)6-11)15-10-4-7(12)8(13)5-9(10)14/h4-5,15H,2-3,6,14H2,1H3. The van der Waals surface area contributed by atoms with Gasteiger partial charge in [0.25, 0.3) is 0 Å². The lowest BCUT2D eigenvalue weighted by Crippen LogP contribution is -2.36. The molecule has 4 nitrogen and oxygen atoms in total. The molecule has 0 saturated carbocycles. The highest BCUT2D eigenvalue weighted by molar-refractivity contribution is 9.10. The molecule has 3 N–H and O–H groups in total. The molecule has 18 heavy (non-hydrogen) atoms. The van der Waals surface area contributed by atoms with Crippen molar-refractivity contribution in [2.24, 2.45) is 0 Å². The van der Waals surface area contributed by atoms with Gasteiger partial charge in [-0.05, 0) is 35.3 Å². The Kier molecular flexibility index (Phi) is 3.31. The van der Waals surface area contributed by atoms with E-state index in [9.17, 15) is 12.8 Å². The van der Waals surface area contributed by atoms with Crippen LogP contribution in [0.3, 0.4) is 0 Å². The third-order valence-electron chi connectivity index (χ3n) is 3.03. The van der Waals surface area contributed by atoms with Gasteiger partial charge in [0.2, 0.25) is 0 Å². The lowest BCUT2D eigenvalue weighted by molar-refractivity contribution is 0.573. The van der Waals surface area contributed by atoms with Gasteiger partial charge in [0, 0.05) is 11.6 Å². The maximum absolute atomic E-state index is 13.2. The van der Waals surface area contributed by atoms with Crippen LogP contribution in [0.2, 0.25) is 0 Å². The molecule has 0 spiro atoms. The number of halogens is 2. The number of sulfone groups is 1.